The van der Waals surface area contributed by atoms with Gasteiger partial charge in [-0.25, -0.2) is 0 Å². The third-order valence-electron chi connectivity index (χ3n) is 4.91. The highest BCUT2D eigenvalue weighted by atomic mass is 15.1. The van der Waals surface area contributed by atoms with Crippen LogP contribution in [0.4, 0.5) is 0 Å². The lowest BCUT2D eigenvalue weighted by Gasteiger charge is -2.20. The zero-order valence-electron chi connectivity index (χ0n) is 14.9. The number of hydrogen-bond donors (Lipinski definition) is 0. The summed E-state index contributed by atoms with van der Waals surface area (Å²) >= 11 is 0. The first-order valence-electron chi connectivity index (χ1n) is 9.81. The number of fused-ring (bicyclic) bond motifs is 16. The third-order valence-corrected chi connectivity index (χ3v) is 4.91. The molecule has 0 aromatic heterocycles. The quantitative estimate of drug-likeness (QED) is 0.625. The summed E-state index contributed by atoms with van der Waals surface area (Å²) in [6.07, 6.45) is 13.8. The number of rotatable bonds is 0. The van der Waals surface area contributed by atoms with E-state index in [1.54, 1.807) is 0 Å². The van der Waals surface area contributed by atoms with Crippen molar-refractivity contribution in [2.75, 3.05) is 39.3 Å². The van der Waals surface area contributed by atoms with Gasteiger partial charge in [0.05, 0.1) is 0 Å². The first-order chi connectivity index (χ1) is 11.4. The highest BCUT2D eigenvalue weighted by molar-refractivity contribution is 5.02. The molecule has 0 unspecified atom stereocenters. The minimum atomic E-state index is 1.02. The highest BCUT2D eigenvalue weighted by Gasteiger charge is 2.06. The zero-order chi connectivity index (χ0) is 16.0. The summed E-state index contributed by atoms with van der Waals surface area (Å²) in [7, 11) is 0. The van der Waals surface area contributed by atoms with Gasteiger partial charge in [-0.2, -0.15) is 0 Å². The van der Waals surface area contributed by atoms with Crippen LogP contribution < -0.4 is 0 Å². The van der Waals surface area contributed by atoms with Gasteiger partial charge in [-0.1, -0.05) is 32.1 Å². The summed E-state index contributed by atoms with van der Waals surface area (Å²) in [6.45, 7) is 6.96. The van der Waals surface area contributed by atoms with Crippen LogP contribution in [0.2, 0.25) is 0 Å². The Balaban J connectivity index is 1.97. The minimum Gasteiger partial charge on any atom is -0.301 e. The van der Waals surface area contributed by atoms with E-state index in [0.717, 1.165) is 51.9 Å². The molecule has 0 saturated heterocycles. The van der Waals surface area contributed by atoms with Crippen LogP contribution in [-0.4, -0.2) is 49.1 Å². The van der Waals surface area contributed by atoms with Gasteiger partial charge in [-0.05, 0) is 25.9 Å². The van der Waals surface area contributed by atoms with Crippen molar-refractivity contribution in [1.82, 2.24) is 9.80 Å². The van der Waals surface area contributed by atoms with Gasteiger partial charge in [0.1, 0.15) is 0 Å². The van der Waals surface area contributed by atoms with Gasteiger partial charge in [0.25, 0.3) is 0 Å². The minimum absolute atomic E-state index is 1.02. The van der Waals surface area contributed by atoms with Crippen LogP contribution in [0.25, 0.3) is 0 Å². The van der Waals surface area contributed by atoms with E-state index < -0.39 is 0 Å². The largest absolute Gasteiger partial charge is 0.301 e. The number of hydrogen-bond acceptors (Lipinski definition) is 2. The first kappa shape index (κ1) is 18.4. The lowest BCUT2D eigenvalue weighted by Crippen LogP contribution is -2.27. The Kier molecular flexibility index (Phi) is 9.96. The SMILES string of the molecule is C1#CCCN2CCC#CCCN(CC1)CCCCCCCCC2. The van der Waals surface area contributed by atoms with Crippen molar-refractivity contribution in [3.05, 3.63) is 0 Å². The lowest BCUT2D eigenvalue weighted by atomic mass is 10.1. The van der Waals surface area contributed by atoms with Gasteiger partial charge < -0.3 is 9.80 Å². The van der Waals surface area contributed by atoms with Crippen LogP contribution in [0, 0.1) is 23.7 Å². The summed E-state index contributed by atoms with van der Waals surface area (Å²) in [4.78, 5) is 5.17. The maximum Gasteiger partial charge on any atom is 0.0217 e. The average Bonchev–Trinajstić information content (AvgIpc) is 2.57. The first-order valence-corrected chi connectivity index (χ1v) is 9.81. The fourth-order valence-corrected chi connectivity index (χ4v) is 3.44. The third kappa shape index (κ3) is 9.04. The molecule has 0 saturated carbocycles. The molecule has 0 spiro atoms. The van der Waals surface area contributed by atoms with Crippen molar-refractivity contribution in [2.24, 2.45) is 0 Å². The summed E-state index contributed by atoms with van der Waals surface area (Å²) in [5.41, 5.74) is 0. The predicted octanol–water partition coefficient (Wildman–Crippen LogP) is 3.92. The molecule has 3 heterocycles. The summed E-state index contributed by atoms with van der Waals surface area (Å²) in [5.74, 6) is 13.6. The second kappa shape index (κ2) is 12.5. The molecule has 0 aromatic rings. The second-order valence-electron chi connectivity index (χ2n) is 6.87. The molecule has 0 aliphatic carbocycles. The van der Waals surface area contributed by atoms with Gasteiger partial charge in [0.15, 0.2) is 0 Å². The van der Waals surface area contributed by atoms with Crippen molar-refractivity contribution in [3.8, 4) is 23.7 Å². The summed E-state index contributed by atoms with van der Waals surface area (Å²) in [6, 6.07) is 0. The van der Waals surface area contributed by atoms with E-state index in [0.29, 0.717) is 0 Å². The van der Waals surface area contributed by atoms with Crippen molar-refractivity contribution in [1.29, 1.82) is 0 Å². The Morgan fingerprint density at radius 3 is 1.00 bits per heavy atom. The molecule has 0 amide bonds. The van der Waals surface area contributed by atoms with E-state index in [-0.39, 0.29) is 0 Å². The summed E-state index contributed by atoms with van der Waals surface area (Å²) < 4.78 is 0. The molecule has 23 heavy (non-hydrogen) atoms. The predicted molar refractivity (Wildman–Crippen MR) is 99.2 cm³/mol. The molecule has 0 fully saturated rings. The molecule has 0 N–H and O–H groups in total. The Bertz CT molecular complexity index is 357. The fraction of sp³-hybridized carbons (Fsp3) is 0.810. The molecule has 0 radical (unpaired) electrons. The molecular weight excluding hydrogens is 280 g/mol. The van der Waals surface area contributed by atoms with Crippen molar-refractivity contribution >= 4 is 0 Å². The van der Waals surface area contributed by atoms with E-state index in [2.05, 4.69) is 33.5 Å². The molecule has 2 nitrogen and oxygen atoms in total. The van der Waals surface area contributed by atoms with Crippen LogP contribution in [0.1, 0.15) is 70.6 Å². The van der Waals surface area contributed by atoms with Gasteiger partial charge in [0.2, 0.25) is 0 Å². The van der Waals surface area contributed by atoms with Gasteiger partial charge in [-0.15, -0.1) is 23.7 Å². The molecule has 128 valence electrons. The fourth-order valence-electron chi connectivity index (χ4n) is 3.44. The Hall–Kier alpha value is -0.960. The highest BCUT2D eigenvalue weighted by Crippen LogP contribution is 2.10. The molecule has 2 heteroatoms. The van der Waals surface area contributed by atoms with E-state index in [1.807, 2.05) is 0 Å². The van der Waals surface area contributed by atoms with E-state index in [9.17, 15) is 0 Å². The number of nitrogens with zero attached hydrogens (tertiary/aromatic N) is 2. The molecule has 0 atom stereocenters. The second-order valence-corrected chi connectivity index (χ2v) is 6.87. The van der Waals surface area contributed by atoms with Gasteiger partial charge in [-0.3, -0.25) is 0 Å². The molecule has 3 rings (SSSR count). The molecular formula is C21H34N2. The van der Waals surface area contributed by atoms with Crippen molar-refractivity contribution in [2.45, 2.75) is 70.6 Å². The Morgan fingerprint density at radius 1 is 0.348 bits per heavy atom. The van der Waals surface area contributed by atoms with Crippen molar-refractivity contribution in [3.63, 3.8) is 0 Å². The van der Waals surface area contributed by atoms with Crippen LogP contribution in [0.3, 0.4) is 0 Å². The topological polar surface area (TPSA) is 6.48 Å². The van der Waals surface area contributed by atoms with E-state index in [1.165, 1.54) is 58.0 Å². The van der Waals surface area contributed by atoms with Crippen LogP contribution in [-0.2, 0) is 0 Å². The lowest BCUT2D eigenvalue weighted by molar-refractivity contribution is 0.279. The van der Waals surface area contributed by atoms with E-state index >= 15 is 0 Å². The Labute approximate surface area is 144 Å². The van der Waals surface area contributed by atoms with Gasteiger partial charge in [0, 0.05) is 51.9 Å². The van der Waals surface area contributed by atoms with Gasteiger partial charge >= 0.3 is 0 Å². The van der Waals surface area contributed by atoms with Crippen LogP contribution in [0.5, 0.6) is 0 Å². The standard InChI is InChI=1S/C21H34N2/c1-2-4-10-16-22-18-12-6-8-14-20-23(17-11-5-3-1)21-15-9-7-13-19-22/h1-5,10-21H2. The van der Waals surface area contributed by atoms with Crippen LogP contribution >= 0.6 is 0 Å². The molecule has 3 aliphatic heterocycles. The average molecular weight is 315 g/mol. The Morgan fingerprint density at radius 2 is 0.652 bits per heavy atom. The summed E-state index contributed by atoms with van der Waals surface area (Å²) in [5, 5.41) is 0. The van der Waals surface area contributed by atoms with Crippen LogP contribution in [0.15, 0.2) is 0 Å². The van der Waals surface area contributed by atoms with E-state index in [4.69, 9.17) is 0 Å². The normalized spacial score (nSPS) is 28.5. The monoisotopic (exact) mass is 314 g/mol. The molecule has 2 bridgehead atoms. The maximum atomic E-state index is 3.39. The molecule has 3 aliphatic rings. The smallest absolute Gasteiger partial charge is 0.0217 e. The maximum absolute atomic E-state index is 3.39. The molecule has 0 aromatic carbocycles. The zero-order valence-corrected chi connectivity index (χ0v) is 14.9. The van der Waals surface area contributed by atoms with Crippen molar-refractivity contribution < 1.29 is 0 Å².